The number of nitrogens with zero attached hydrogens (tertiary/aromatic N) is 1. The molecule has 1 fully saturated rings. The maximum Gasteiger partial charge on any atom is 0.243 e. The van der Waals surface area contributed by atoms with E-state index in [1.165, 1.54) is 17.7 Å². The summed E-state index contributed by atoms with van der Waals surface area (Å²) in [5.74, 6) is 0.0332. The highest BCUT2D eigenvalue weighted by Gasteiger charge is 2.41. The number of carbonyl (C=O) groups excluding carboxylic acids is 2. The van der Waals surface area contributed by atoms with E-state index in [-0.39, 0.29) is 23.1 Å². The second kappa shape index (κ2) is 7.93. The summed E-state index contributed by atoms with van der Waals surface area (Å²) in [6.07, 6.45) is 6.24. The molecule has 0 aromatic rings. The van der Waals surface area contributed by atoms with Crippen LogP contribution in [0.4, 0.5) is 0 Å². The second-order valence-corrected chi connectivity index (χ2v) is 7.09. The Bertz CT molecular complexity index is 317. The number of amides is 2. The van der Waals surface area contributed by atoms with Crippen LogP contribution in [0.1, 0.15) is 66.2 Å². The molecule has 19 heavy (non-hydrogen) atoms. The Morgan fingerprint density at radius 1 is 1.21 bits per heavy atom. The molecule has 2 amide bonds. The topological polar surface area (TPSA) is 37.4 Å². The lowest BCUT2D eigenvalue weighted by molar-refractivity contribution is -0.140. The number of hydrogen-bond donors (Lipinski definition) is 0. The lowest BCUT2D eigenvalue weighted by Gasteiger charge is -2.21. The average Bonchev–Trinajstić information content (AvgIpc) is 2.61. The third kappa shape index (κ3) is 4.51. The standard InChI is InChI=1S/C15H27NO2S/c1-5-7-9-12(8-6-2)19-13-10-14(17)16(11(3)4)15(13)18/h11-13H,5-10H2,1-4H3. The molecule has 0 aromatic heterocycles. The predicted octanol–water partition coefficient (Wildman–Crippen LogP) is 3.61. The molecule has 1 aliphatic heterocycles. The molecular formula is C15H27NO2S. The van der Waals surface area contributed by atoms with Gasteiger partial charge in [0.1, 0.15) is 0 Å². The second-order valence-electron chi connectivity index (χ2n) is 5.58. The van der Waals surface area contributed by atoms with Gasteiger partial charge in [-0.1, -0.05) is 33.1 Å². The normalized spacial score (nSPS) is 21.5. The zero-order valence-electron chi connectivity index (χ0n) is 12.6. The fourth-order valence-electron chi connectivity index (χ4n) is 2.54. The van der Waals surface area contributed by atoms with Crippen LogP contribution in [0, 0.1) is 0 Å². The first-order valence-corrected chi connectivity index (χ1v) is 8.46. The molecule has 0 aromatic carbocycles. The molecule has 1 aliphatic rings. The first-order valence-electron chi connectivity index (χ1n) is 7.52. The zero-order chi connectivity index (χ0) is 14.4. The van der Waals surface area contributed by atoms with Crippen molar-refractivity contribution < 1.29 is 9.59 Å². The lowest BCUT2D eigenvalue weighted by atomic mass is 10.1. The quantitative estimate of drug-likeness (QED) is 0.639. The van der Waals surface area contributed by atoms with Crippen LogP contribution in [0.2, 0.25) is 0 Å². The smallest absolute Gasteiger partial charge is 0.243 e. The summed E-state index contributed by atoms with van der Waals surface area (Å²) < 4.78 is 0. The van der Waals surface area contributed by atoms with E-state index in [0.717, 1.165) is 19.3 Å². The van der Waals surface area contributed by atoms with Crippen LogP contribution >= 0.6 is 11.8 Å². The van der Waals surface area contributed by atoms with Crippen molar-refractivity contribution in [2.24, 2.45) is 0 Å². The SMILES string of the molecule is CCCCC(CCC)SC1CC(=O)N(C(C)C)C1=O. The molecular weight excluding hydrogens is 258 g/mol. The van der Waals surface area contributed by atoms with E-state index >= 15 is 0 Å². The summed E-state index contributed by atoms with van der Waals surface area (Å²) in [4.78, 5) is 25.6. The fourth-order valence-corrected chi connectivity index (χ4v) is 4.15. The van der Waals surface area contributed by atoms with Gasteiger partial charge < -0.3 is 0 Å². The van der Waals surface area contributed by atoms with E-state index in [9.17, 15) is 9.59 Å². The van der Waals surface area contributed by atoms with Gasteiger partial charge in [-0.15, -0.1) is 11.8 Å². The van der Waals surface area contributed by atoms with Crippen molar-refractivity contribution >= 4 is 23.6 Å². The molecule has 4 heteroatoms. The van der Waals surface area contributed by atoms with E-state index in [1.54, 1.807) is 11.8 Å². The van der Waals surface area contributed by atoms with Crippen LogP contribution in [0.5, 0.6) is 0 Å². The van der Waals surface area contributed by atoms with Crippen LogP contribution < -0.4 is 0 Å². The van der Waals surface area contributed by atoms with Gasteiger partial charge >= 0.3 is 0 Å². The number of unbranched alkanes of at least 4 members (excludes halogenated alkanes) is 1. The van der Waals surface area contributed by atoms with E-state index in [4.69, 9.17) is 0 Å². The molecule has 2 atom stereocenters. The Morgan fingerprint density at radius 3 is 2.37 bits per heavy atom. The molecule has 0 radical (unpaired) electrons. The van der Waals surface area contributed by atoms with Gasteiger partial charge in [-0.2, -0.15) is 0 Å². The molecule has 1 heterocycles. The van der Waals surface area contributed by atoms with Crippen LogP contribution in [-0.4, -0.2) is 33.3 Å². The van der Waals surface area contributed by atoms with Crippen LogP contribution in [0.15, 0.2) is 0 Å². The third-order valence-electron chi connectivity index (χ3n) is 3.50. The van der Waals surface area contributed by atoms with Gasteiger partial charge in [0, 0.05) is 17.7 Å². The first kappa shape index (κ1) is 16.5. The average molecular weight is 285 g/mol. The largest absolute Gasteiger partial charge is 0.279 e. The van der Waals surface area contributed by atoms with Crippen LogP contribution in [-0.2, 0) is 9.59 Å². The van der Waals surface area contributed by atoms with Crippen molar-refractivity contribution in [3.8, 4) is 0 Å². The van der Waals surface area contributed by atoms with E-state index in [1.807, 2.05) is 13.8 Å². The van der Waals surface area contributed by atoms with Gasteiger partial charge in [0.05, 0.1) is 5.25 Å². The van der Waals surface area contributed by atoms with Gasteiger partial charge in [-0.25, -0.2) is 0 Å². The monoisotopic (exact) mass is 285 g/mol. The summed E-state index contributed by atoms with van der Waals surface area (Å²) in [6, 6.07) is -0.00846. The van der Waals surface area contributed by atoms with Gasteiger partial charge in [0.2, 0.25) is 11.8 Å². The Hall–Kier alpha value is -0.510. The number of rotatable bonds is 8. The van der Waals surface area contributed by atoms with Crippen LogP contribution in [0.25, 0.3) is 0 Å². The molecule has 1 rings (SSSR count). The summed E-state index contributed by atoms with van der Waals surface area (Å²) in [5.41, 5.74) is 0. The minimum Gasteiger partial charge on any atom is -0.279 e. The van der Waals surface area contributed by atoms with Gasteiger partial charge in [-0.3, -0.25) is 14.5 Å². The van der Waals surface area contributed by atoms with Crippen molar-refractivity contribution in [2.45, 2.75) is 82.8 Å². The summed E-state index contributed by atoms with van der Waals surface area (Å²) in [6.45, 7) is 8.19. The van der Waals surface area contributed by atoms with Gasteiger partial charge in [0.15, 0.2) is 0 Å². The van der Waals surface area contributed by atoms with Crippen molar-refractivity contribution in [3.63, 3.8) is 0 Å². The number of likely N-dealkylation sites (tertiary alicyclic amines) is 1. The maximum atomic E-state index is 12.3. The Labute approximate surface area is 121 Å². The molecule has 0 bridgehead atoms. The molecule has 3 nitrogen and oxygen atoms in total. The van der Waals surface area contributed by atoms with Crippen molar-refractivity contribution in [1.29, 1.82) is 0 Å². The number of thioether (sulfide) groups is 1. The molecule has 0 aliphatic carbocycles. The van der Waals surface area contributed by atoms with E-state index in [0.29, 0.717) is 11.7 Å². The van der Waals surface area contributed by atoms with Crippen molar-refractivity contribution in [3.05, 3.63) is 0 Å². The Balaban J connectivity index is 2.60. The molecule has 1 saturated heterocycles. The first-order chi connectivity index (χ1) is 9.01. The maximum absolute atomic E-state index is 12.3. The highest BCUT2D eigenvalue weighted by molar-refractivity contribution is 8.01. The number of carbonyl (C=O) groups is 2. The molecule has 110 valence electrons. The highest BCUT2D eigenvalue weighted by Crippen LogP contribution is 2.33. The van der Waals surface area contributed by atoms with Gasteiger partial charge in [-0.05, 0) is 26.7 Å². The predicted molar refractivity (Wildman–Crippen MR) is 81.2 cm³/mol. The zero-order valence-corrected chi connectivity index (χ0v) is 13.5. The Kier molecular flexibility index (Phi) is 6.90. The van der Waals surface area contributed by atoms with Gasteiger partial charge in [0.25, 0.3) is 0 Å². The highest BCUT2D eigenvalue weighted by atomic mass is 32.2. The summed E-state index contributed by atoms with van der Waals surface area (Å²) in [7, 11) is 0. The summed E-state index contributed by atoms with van der Waals surface area (Å²) >= 11 is 1.74. The number of hydrogen-bond acceptors (Lipinski definition) is 3. The van der Waals surface area contributed by atoms with Crippen LogP contribution in [0.3, 0.4) is 0 Å². The van der Waals surface area contributed by atoms with E-state index < -0.39 is 0 Å². The number of imide groups is 1. The minimum atomic E-state index is -0.136. The summed E-state index contributed by atoms with van der Waals surface area (Å²) in [5, 5.41) is 0.391. The molecule has 2 unspecified atom stereocenters. The third-order valence-corrected chi connectivity index (χ3v) is 5.06. The van der Waals surface area contributed by atoms with Crippen molar-refractivity contribution in [2.75, 3.05) is 0 Å². The Morgan fingerprint density at radius 2 is 1.89 bits per heavy atom. The fraction of sp³-hybridized carbons (Fsp3) is 0.867. The molecule has 0 spiro atoms. The molecule has 0 saturated carbocycles. The lowest BCUT2D eigenvalue weighted by Crippen LogP contribution is -2.37. The van der Waals surface area contributed by atoms with Crippen molar-refractivity contribution in [1.82, 2.24) is 4.90 Å². The van der Waals surface area contributed by atoms with E-state index in [2.05, 4.69) is 13.8 Å². The minimum absolute atomic E-state index is 0.00300. The molecule has 0 N–H and O–H groups in total.